The smallest absolute Gasteiger partial charge is 0.407 e. The summed E-state index contributed by atoms with van der Waals surface area (Å²) in [5, 5.41) is 25.4. The van der Waals surface area contributed by atoms with Gasteiger partial charge in [0.15, 0.2) is 0 Å². The molecule has 0 aliphatic rings. The lowest BCUT2D eigenvalue weighted by atomic mass is 9.86. The van der Waals surface area contributed by atoms with Gasteiger partial charge in [0, 0.05) is 5.92 Å². The Morgan fingerprint density at radius 2 is 1.34 bits per heavy atom. The van der Waals surface area contributed by atoms with Crippen LogP contribution in [0.1, 0.15) is 70.2 Å². The van der Waals surface area contributed by atoms with Crippen LogP contribution in [-0.2, 0) is 27.2 Å². The molecule has 0 radical (unpaired) electrons. The third-order valence-corrected chi connectivity index (χ3v) is 7.97. The zero-order valence-corrected chi connectivity index (χ0v) is 28.2. The Morgan fingerprint density at radius 3 is 1.81 bits per heavy atom. The van der Waals surface area contributed by atoms with Crippen molar-refractivity contribution in [2.45, 2.75) is 90.1 Å². The molecule has 0 bridgehead atoms. The van der Waals surface area contributed by atoms with Crippen LogP contribution in [0.5, 0.6) is 0 Å². The molecule has 0 aromatic heterocycles. The number of primary amides is 1. The minimum Gasteiger partial charge on any atom is -0.444 e. The highest BCUT2D eigenvalue weighted by Crippen LogP contribution is 2.30. The van der Waals surface area contributed by atoms with Gasteiger partial charge in [-0.25, -0.2) is 4.79 Å². The van der Waals surface area contributed by atoms with Crippen molar-refractivity contribution >= 4 is 17.9 Å². The van der Waals surface area contributed by atoms with Crippen molar-refractivity contribution in [1.29, 1.82) is 0 Å². The Labute approximate surface area is 279 Å². The van der Waals surface area contributed by atoms with Crippen molar-refractivity contribution in [2.75, 3.05) is 6.61 Å². The molecule has 9 nitrogen and oxygen atoms in total. The van der Waals surface area contributed by atoms with Crippen molar-refractivity contribution in [3.63, 3.8) is 0 Å². The standard InChI is InChI=1S/C38H51N3O6/c1-26(2)21-32(35(39)44)41(33(25-42)29-19-13-8-14-20-29)36(45)30(22-27-15-9-6-10-16-27)24-34(43)31(23-28-17-11-7-12-18-28)40-37(46)47-38(3,4)5/h6-20,26,30-34,42-43H,21-25H2,1-5H3,(H2,39,44)(H,40,46)/t30?,31?,32?,33-,34?/m1/s1. The number of benzene rings is 3. The van der Waals surface area contributed by atoms with Crippen molar-refractivity contribution in [1.82, 2.24) is 10.2 Å². The predicted molar refractivity (Wildman–Crippen MR) is 183 cm³/mol. The van der Waals surface area contributed by atoms with Gasteiger partial charge in [0.1, 0.15) is 11.6 Å². The summed E-state index contributed by atoms with van der Waals surface area (Å²) in [5.74, 6) is -1.91. The van der Waals surface area contributed by atoms with Gasteiger partial charge in [-0.1, -0.05) is 105 Å². The molecular weight excluding hydrogens is 594 g/mol. The van der Waals surface area contributed by atoms with E-state index in [1.54, 1.807) is 32.9 Å². The van der Waals surface area contributed by atoms with E-state index in [4.69, 9.17) is 10.5 Å². The maximum Gasteiger partial charge on any atom is 0.407 e. The average molecular weight is 646 g/mol. The van der Waals surface area contributed by atoms with Gasteiger partial charge in [-0.05, 0) is 69.1 Å². The molecule has 47 heavy (non-hydrogen) atoms. The summed E-state index contributed by atoms with van der Waals surface area (Å²) in [7, 11) is 0. The zero-order chi connectivity index (χ0) is 34.6. The maximum absolute atomic E-state index is 14.9. The Balaban J connectivity index is 2.07. The number of nitrogens with zero attached hydrogens (tertiary/aromatic N) is 1. The first-order chi connectivity index (χ1) is 22.3. The lowest BCUT2D eigenvalue weighted by Crippen LogP contribution is -2.54. The molecule has 254 valence electrons. The van der Waals surface area contributed by atoms with E-state index in [0.29, 0.717) is 12.0 Å². The molecule has 5 N–H and O–H groups in total. The molecule has 0 aliphatic carbocycles. The highest BCUT2D eigenvalue weighted by molar-refractivity contribution is 5.88. The van der Waals surface area contributed by atoms with E-state index < -0.39 is 60.3 Å². The number of carbonyl (C=O) groups excluding carboxylic acids is 3. The van der Waals surface area contributed by atoms with E-state index in [2.05, 4.69) is 5.32 Å². The van der Waals surface area contributed by atoms with Gasteiger partial charge in [-0.3, -0.25) is 9.59 Å². The fourth-order valence-electron chi connectivity index (χ4n) is 5.81. The van der Waals surface area contributed by atoms with Gasteiger partial charge in [0.25, 0.3) is 0 Å². The Kier molecular flexibility index (Phi) is 14.0. The molecule has 3 aromatic carbocycles. The maximum atomic E-state index is 14.9. The number of hydrogen-bond acceptors (Lipinski definition) is 6. The van der Waals surface area contributed by atoms with Crippen LogP contribution in [-0.4, -0.2) is 63.4 Å². The molecule has 4 unspecified atom stereocenters. The third kappa shape index (κ3) is 11.8. The van der Waals surface area contributed by atoms with Crippen molar-refractivity contribution < 1.29 is 29.3 Å². The van der Waals surface area contributed by atoms with Crippen LogP contribution < -0.4 is 11.1 Å². The van der Waals surface area contributed by atoms with Gasteiger partial charge < -0.3 is 30.9 Å². The van der Waals surface area contributed by atoms with E-state index >= 15 is 0 Å². The summed E-state index contributed by atoms with van der Waals surface area (Å²) in [4.78, 5) is 42.2. The van der Waals surface area contributed by atoms with Gasteiger partial charge in [0.2, 0.25) is 11.8 Å². The van der Waals surface area contributed by atoms with Crippen LogP contribution in [0.2, 0.25) is 0 Å². The Morgan fingerprint density at radius 1 is 0.830 bits per heavy atom. The zero-order valence-electron chi connectivity index (χ0n) is 28.2. The van der Waals surface area contributed by atoms with E-state index in [0.717, 1.165) is 11.1 Å². The summed E-state index contributed by atoms with van der Waals surface area (Å²) in [6, 6.07) is 25.3. The van der Waals surface area contributed by atoms with E-state index in [1.165, 1.54) is 4.90 Å². The normalized spacial score (nSPS) is 14.8. The molecule has 3 rings (SSSR count). The van der Waals surface area contributed by atoms with Crippen LogP contribution in [0.3, 0.4) is 0 Å². The first-order valence-corrected chi connectivity index (χ1v) is 16.3. The number of nitrogens with two attached hydrogens (primary N) is 1. The minimum absolute atomic E-state index is 0.0179. The molecular formula is C38H51N3O6. The van der Waals surface area contributed by atoms with Gasteiger partial charge in [0.05, 0.1) is 24.8 Å². The molecule has 5 atom stereocenters. The number of rotatable bonds is 16. The third-order valence-electron chi connectivity index (χ3n) is 7.97. The summed E-state index contributed by atoms with van der Waals surface area (Å²) in [6.07, 6.45) is -1.07. The molecule has 0 heterocycles. The van der Waals surface area contributed by atoms with Gasteiger partial charge in [-0.15, -0.1) is 0 Å². The number of hydrogen-bond donors (Lipinski definition) is 4. The summed E-state index contributed by atoms with van der Waals surface area (Å²) >= 11 is 0. The number of ether oxygens (including phenoxy) is 1. The van der Waals surface area contributed by atoms with Crippen LogP contribution in [0.25, 0.3) is 0 Å². The second-order valence-corrected chi connectivity index (χ2v) is 13.5. The van der Waals surface area contributed by atoms with Crippen LogP contribution >= 0.6 is 0 Å². The molecule has 0 aliphatic heterocycles. The molecule has 0 saturated carbocycles. The highest BCUT2D eigenvalue weighted by atomic mass is 16.6. The Bertz CT molecular complexity index is 1400. The monoisotopic (exact) mass is 645 g/mol. The average Bonchev–Trinajstić information content (AvgIpc) is 3.02. The van der Waals surface area contributed by atoms with Crippen molar-refractivity contribution in [2.24, 2.45) is 17.6 Å². The molecule has 0 saturated heterocycles. The van der Waals surface area contributed by atoms with Crippen molar-refractivity contribution in [3.05, 3.63) is 108 Å². The van der Waals surface area contributed by atoms with Crippen LogP contribution in [0, 0.1) is 11.8 Å². The van der Waals surface area contributed by atoms with Gasteiger partial charge >= 0.3 is 6.09 Å². The quantitative estimate of drug-likeness (QED) is 0.169. The molecule has 9 heteroatoms. The number of alkyl carbamates (subject to hydrolysis) is 1. The fourth-order valence-corrected chi connectivity index (χ4v) is 5.81. The number of nitrogens with one attached hydrogen (secondary N) is 1. The number of aliphatic hydroxyl groups excluding tert-OH is 2. The van der Waals surface area contributed by atoms with E-state index in [1.807, 2.05) is 92.7 Å². The predicted octanol–water partition coefficient (Wildman–Crippen LogP) is 5.19. The van der Waals surface area contributed by atoms with Crippen molar-refractivity contribution in [3.8, 4) is 0 Å². The first-order valence-electron chi connectivity index (χ1n) is 16.3. The number of carbonyl (C=O) groups is 3. The van der Waals surface area contributed by atoms with E-state index in [9.17, 15) is 24.6 Å². The van der Waals surface area contributed by atoms with E-state index in [-0.39, 0.29) is 25.2 Å². The SMILES string of the molecule is CC(C)CC(C(N)=O)N(C(=O)C(Cc1ccccc1)CC(O)C(Cc1ccccc1)NC(=O)OC(C)(C)C)[C@H](CO)c1ccccc1. The minimum atomic E-state index is -1.18. The first kappa shape index (κ1) is 37.2. The molecule has 0 spiro atoms. The fraction of sp³-hybridized carbons (Fsp3) is 0.447. The highest BCUT2D eigenvalue weighted by Gasteiger charge is 2.40. The Hall–Kier alpha value is -4.21. The lowest BCUT2D eigenvalue weighted by Gasteiger charge is -2.40. The second-order valence-electron chi connectivity index (χ2n) is 13.5. The van der Waals surface area contributed by atoms with Crippen LogP contribution in [0.4, 0.5) is 4.79 Å². The summed E-state index contributed by atoms with van der Waals surface area (Å²) in [6.45, 7) is 8.72. The second kappa shape index (κ2) is 17.6. The summed E-state index contributed by atoms with van der Waals surface area (Å²) < 4.78 is 5.52. The summed E-state index contributed by atoms with van der Waals surface area (Å²) in [5.41, 5.74) is 7.61. The molecule has 3 amide bonds. The van der Waals surface area contributed by atoms with Crippen LogP contribution in [0.15, 0.2) is 91.0 Å². The number of amides is 3. The lowest BCUT2D eigenvalue weighted by molar-refractivity contribution is -0.148. The topological polar surface area (TPSA) is 142 Å². The largest absolute Gasteiger partial charge is 0.444 e. The molecule has 0 fully saturated rings. The number of aliphatic hydroxyl groups is 2. The van der Waals surface area contributed by atoms with Gasteiger partial charge in [-0.2, -0.15) is 0 Å². The molecule has 3 aromatic rings.